The highest BCUT2D eigenvalue weighted by atomic mass is 79.9. The molecule has 2 aromatic rings. The molecule has 1 amide bonds. The summed E-state index contributed by atoms with van der Waals surface area (Å²) in [7, 11) is 1.54. The van der Waals surface area contributed by atoms with Crippen molar-refractivity contribution in [2.45, 2.75) is 13.0 Å². The molecule has 0 aliphatic heterocycles. The summed E-state index contributed by atoms with van der Waals surface area (Å²) in [5, 5.41) is 10.00. The van der Waals surface area contributed by atoms with Crippen LogP contribution in [0.1, 0.15) is 18.7 Å². The summed E-state index contributed by atoms with van der Waals surface area (Å²) in [6.45, 7) is 1.82. The molecule has 1 aromatic heterocycles. The molecule has 1 aromatic carbocycles. The number of carbonyl (C=O) groups is 1. The monoisotopic (exact) mass is 308 g/mol. The Balaban J connectivity index is 2.43. The molecule has 0 radical (unpaired) electrons. The van der Waals surface area contributed by atoms with E-state index >= 15 is 0 Å². The van der Waals surface area contributed by atoms with Crippen LogP contribution in [0, 0.1) is 0 Å². The van der Waals surface area contributed by atoms with Crippen LogP contribution in [-0.4, -0.2) is 28.1 Å². The number of benzene rings is 1. The molecule has 0 spiro atoms. The highest BCUT2D eigenvalue weighted by Gasteiger charge is 2.17. The van der Waals surface area contributed by atoms with E-state index < -0.39 is 6.09 Å². The number of fused-ring (bicyclic) bond motifs is 1. The molecule has 94 valence electrons. The first-order chi connectivity index (χ1) is 8.49. The second-order valence-corrected chi connectivity index (χ2v) is 5.06. The fraction of sp³-hybridized carbons (Fsp3) is 0.231. The van der Waals surface area contributed by atoms with E-state index in [2.05, 4.69) is 20.9 Å². The van der Waals surface area contributed by atoms with Crippen molar-refractivity contribution in [3.8, 4) is 0 Å². The van der Waals surface area contributed by atoms with Gasteiger partial charge in [0.2, 0.25) is 0 Å². The molecule has 0 unspecified atom stereocenters. The van der Waals surface area contributed by atoms with Crippen LogP contribution in [-0.2, 0) is 0 Å². The van der Waals surface area contributed by atoms with Crippen molar-refractivity contribution in [3.05, 3.63) is 40.5 Å². The maximum absolute atomic E-state index is 10.9. The Bertz CT molecular complexity index is 601. The average molecular weight is 309 g/mol. The van der Waals surface area contributed by atoms with Gasteiger partial charge in [-0.2, -0.15) is 0 Å². The van der Waals surface area contributed by atoms with Gasteiger partial charge in [0.05, 0.1) is 17.3 Å². The number of nitrogens with zero attached hydrogens (tertiary/aromatic N) is 2. The van der Waals surface area contributed by atoms with E-state index in [-0.39, 0.29) is 6.04 Å². The molecule has 0 aliphatic rings. The smallest absolute Gasteiger partial charge is 0.407 e. The molecule has 0 fully saturated rings. The Morgan fingerprint density at radius 1 is 1.39 bits per heavy atom. The number of carboxylic acid groups (broad SMARTS) is 1. The van der Waals surface area contributed by atoms with Crippen LogP contribution in [0.4, 0.5) is 4.79 Å². The first kappa shape index (κ1) is 12.8. The van der Waals surface area contributed by atoms with E-state index in [0.717, 1.165) is 21.1 Å². The summed E-state index contributed by atoms with van der Waals surface area (Å²) in [5.74, 6) is 0. The molecule has 1 atom stereocenters. The summed E-state index contributed by atoms with van der Waals surface area (Å²) in [4.78, 5) is 16.7. The summed E-state index contributed by atoms with van der Waals surface area (Å²) < 4.78 is 0.957. The van der Waals surface area contributed by atoms with E-state index in [0.29, 0.717) is 0 Å². The molecule has 2 rings (SSSR count). The third-order valence-corrected chi connectivity index (χ3v) is 3.48. The van der Waals surface area contributed by atoms with Crippen molar-refractivity contribution in [2.75, 3.05) is 7.05 Å². The fourth-order valence-corrected chi connectivity index (χ4v) is 2.05. The largest absolute Gasteiger partial charge is 0.465 e. The molecular weight excluding hydrogens is 296 g/mol. The Labute approximate surface area is 113 Å². The lowest BCUT2D eigenvalue weighted by Crippen LogP contribution is -2.28. The minimum Gasteiger partial charge on any atom is -0.465 e. The van der Waals surface area contributed by atoms with Gasteiger partial charge in [-0.3, -0.25) is 4.98 Å². The van der Waals surface area contributed by atoms with E-state index in [1.165, 1.54) is 4.90 Å². The van der Waals surface area contributed by atoms with Gasteiger partial charge in [0.1, 0.15) is 0 Å². The van der Waals surface area contributed by atoms with Gasteiger partial charge in [0.15, 0.2) is 0 Å². The molecule has 4 nitrogen and oxygen atoms in total. The van der Waals surface area contributed by atoms with Crippen LogP contribution in [0.25, 0.3) is 10.9 Å². The number of aromatic nitrogens is 1. The molecule has 5 heteroatoms. The zero-order chi connectivity index (χ0) is 13.3. The van der Waals surface area contributed by atoms with Crippen LogP contribution >= 0.6 is 15.9 Å². The van der Waals surface area contributed by atoms with Crippen LogP contribution in [0.5, 0.6) is 0 Å². The Kier molecular flexibility index (Phi) is 3.52. The first-order valence-corrected chi connectivity index (χ1v) is 6.30. The van der Waals surface area contributed by atoms with E-state index in [1.54, 1.807) is 7.05 Å². The van der Waals surface area contributed by atoms with E-state index in [1.807, 2.05) is 37.3 Å². The van der Waals surface area contributed by atoms with Gasteiger partial charge in [-0.1, -0.05) is 28.1 Å². The maximum Gasteiger partial charge on any atom is 0.407 e. The topological polar surface area (TPSA) is 53.4 Å². The number of hydrogen-bond donors (Lipinski definition) is 1. The molecule has 1 N–H and O–H groups in total. The first-order valence-electron chi connectivity index (χ1n) is 5.51. The Hall–Kier alpha value is -1.62. The van der Waals surface area contributed by atoms with Gasteiger partial charge >= 0.3 is 6.09 Å². The van der Waals surface area contributed by atoms with Gasteiger partial charge in [0.25, 0.3) is 0 Å². The SMILES string of the molecule is C[C@H](c1ccc2ccc(Br)cc2n1)N(C)C(=O)O. The standard InChI is InChI=1S/C13H13BrN2O2/c1-8(16(2)13(17)18)11-6-4-9-3-5-10(14)7-12(9)15-11/h3-8H,1-2H3,(H,17,18)/t8-/m1/s1. The third kappa shape index (κ3) is 2.46. The number of pyridine rings is 1. The van der Waals surface area contributed by atoms with Crippen molar-refractivity contribution in [2.24, 2.45) is 0 Å². The van der Waals surface area contributed by atoms with Gasteiger partial charge in [-0.25, -0.2) is 4.79 Å². The summed E-state index contributed by atoms with van der Waals surface area (Å²) in [5.41, 5.74) is 1.60. The van der Waals surface area contributed by atoms with Crippen LogP contribution in [0.3, 0.4) is 0 Å². The van der Waals surface area contributed by atoms with Crippen LogP contribution in [0.15, 0.2) is 34.8 Å². The second-order valence-electron chi connectivity index (χ2n) is 4.14. The lowest BCUT2D eigenvalue weighted by molar-refractivity contribution is 0.141. The van der Waals surface area contributed by atoms with Crippen molar-refractivity contribution in [1.82, 2.24) is 9.88 Å². The summed E-state index contributed by atoms with van der Waals surface area (Å²) in [6, 6.07) is 9.40. The van der Waals surface area contributed by atoms with Crippen LogP contribution in [0.2, 0.25) is 0 Å². The van der Waals surface area contributed by atoms with Crippen LogP contribution < -0.4 is 0 Å². The van der Waals surface area contributed by atoms with Gasteiger partial charge in [-0.05, 0) is 25.1 Å². The van der Waals surface area contributed by atoms with Crippen molar-refractivity contribution in [1.29, 1.82) is 0 Å². The minimum atomic E-state index is -0.960. The maximum atomic E-state index is 10.9. The zero-order valence-electron chi connectivity index (χ0n) is 10.1. The predicted octanol–water partition coefficient (Wildman–Crippen LogP) is 3.67. The molecule has 0 bridgehead atoms. The zero-order valence-corrected chi connectivity index (χ0v) is 11.7. The van der Waals surface area contributed by atoms with Gasteiger partial charge in [0, 0.05) is 16.9 Å². The minimum absolute atomic E-state index is 0.272. The lowest BCUT2D eigenvalue weighted by Gasteiger charge is -2.21. The number of halogens is 1. The molecule has 0 saturated heterocycles. The normalized spacial score (nSPS) is 12.4. The molecule has 0 aliphatic carbocycles. The number of rotatable bonds is 2. The average Bonchev–Trinajstić information content (AvgIpc) is 2.35. The highest BCUT2D eigenvalue weighted by molar-refractivity contribution is 9.10. The predicted molar refractivity (Wildman–Crippen MR) is 73.6 cm³/mol. The van der Waals surface area contributed by atoms with Gasteiger partial charge in [-0.15, -0.1) is 0 Å². The van der Waals surface area contributed by atoms with E-state index in [4.69, 9.17) is 5.11 Å². The Morgan fingerprint density at radius 2 is 2.06 bits per heavy atom. The lowest BCUT2D eigenvalue weighted by atomic mass is 10.1. The van der Waals surface area contributed by atoms with Gasteiger partial charge < -0.3 is 10.0 Å². The Morgan fingerprint density at radius 3 is 2.72 bits per heavy atom. The summed E-state index contributed by atoms with van der Waals surface area (Å²) in [6.07, 6.45) is -0.960. The molecular formula is C13H13BrN2O2. The molecule has 1 heterocycles. The summed E-state index contributed by atoms with van der Waals surface area (Å²) >= 11 is 3.40. The van der Waals surface area contributed by atoms with Crippen molar-refractivity contribution < 1.29 is 9.90 Å². The second kappa shape index (κ2) is 4.94. The third-order valence-electron chi connectivity index (χ3n) is 2.99. The molecule has 18 heavy (non-hydrogen) atoms. The van der Waals surface area contributed by atoms with Crippen molar-refractivity contribution >= 4 is 32.9 Å². The highest BCUT2D eigenvalue weighted by Crippen LogP contribution is 2.22. The fourth-order valence-electron chi connectivity index (χ4n) is 1.70. The van der Waals surface area contributed by atoms with E-state index in [9.17, 15) is 4.79 Å². The molecule has 0 saturated carbocycles. The van der Waals surface area contributed by atoms with Crippen molar-refractivity contribution in [3.63, 3.8) is 0 Å². The number of amides is 1. The number of hydrogen-bond acceptors (Lipinski definition) is 2. The quantitative estimate of drug-likeness (QED) is 0.921.